The highest BCUT2D eigenvalue weighted by atomic mass is 28.3. The molecule has 14 heavy (non-hydrogen) atoms. The maximum atomic E-state index is 5.48. The summed E-state index contributed by atoms with van der Waals surface area (Å²) in [5.74, 6) is 0.693. The Kier molecular flexibility index (Phi) is 5.70. The molecule has 0 aliphatic carbocycles. The van der Waals surface area contributed by atoms with Crippen molar-refractivity contribution in [3.05, 3.63) is 0 Å². The van der Waals surface area contributed by atoms with Gasteiger partial charge in [0, 0.05) is 25.7 Å². The second-order valence-corrected chi connectivity index (χ2v) is 6.48. The summed E-state index contributed by atoms with van der Waals surface area (Å²) in [7, 11) is 2.11. The lowest BCUT2D eigenvalue weighted by Gasteiger charge is -2.36. The lowest BCUT2D eigenvalue weighted by molar-refractivity contribution is -0.0412. The number of unbranched alkanes of at least 4 members (excludes halogenated alkanes) is 1. The molecule has 1 unspecified atom stereocenters. The molecule has 1 saturated heterocycles. The molecule has 4 heteroatoms. The van der Waals surface area contributed by atoms with Crippen LogP contribution in [0.2, 0.25) is 5.54 Å². The molecular formula is C10H22O3Si. The SMILES string of the molecule is CCCCC(C1COC1)[SiH](OC)OC. The zero-order valence-corrected chi connectivity index (χ0v) is 10.6. The van der Waals surface area contributed by atoms with Gasteiger partial charge in [-0.2, -0.15) is 0 Å². The molecule has 0 aromatic rings. The Bertz CT molecular complexity index is 146. The molecule has 3 nitrogen and oxygen atoms in total. The first-order valence-electron chi connectivity index (χ1n) is 5.46. The molecule has 1 aliphatic rings. The van der Waals surface area contributed by atoms with Gasteiger partial charge < -0.3 is 13.6 Å². The van der Waals surface area contributed by atoms with Crippen molar-refractivity contribution in [1.29, 1.82) is 0 Å². The normalized spacial score (nSPS) is 19.7. The second kappa shape index (κ2) is 6.56. The molecule has 1 atom stereocenters. The highest BCUT2D eigenvalue weighted by Crippen LogP contribution is 2.33. The standard InChI is InChI=1S/C10H22O3Si/c1-4-5-6-10(9-7-13-8-9)14(11-2)12-3/h9-10,14H,4-8H2,1-3H3. The fourth-order valence-electron chi connectivity index (χ4n) is 1.98. The molecule has 0 spiro atoms. The molecule has 1 fully saturated rings. The predicted molar refractivity (Wildman–Crippen MR) is 58.8 cm³/mol. The van der Waals surface area contributed by atoms with Crippen molar-refractivity contribution >= 4 is 9.28 Å². The highest BCUT2D eigenvalue weighted by molar-refractivity contribution is 6.46. The van der Waals surface area contributed by atoms with Crippen molar-refractivity contribution < 1.29 is 13.6 Å². The van der Waals surface area contributed by atoms with Crippen LogP contribution in [0.5, 0.6) is 0 Å². The zero-order valence-electron chi connectivity index (χ0n) is 9.49. The molecule has 1 rings (SSSR count). The van der Waals surface area contributed by atoms with E-state index in [1.807, 2.05) is 0 Å². The van der Waals surface area contributed by atoms with E-state index >= 15 is 0 Å². The number of hydrogen-bond donors (Lipinski definition) is 0. The van der Waals surface area contributed by atoms with Crippen LogP contribution in [0.3, 0.4) is 0 Å². The molecule has 0 radical (unpaired) electrons. The summed E-state index contributed by atoms with van der Waals surface area (Å²) in [6.45, 7) is 4.04. The van der Waals surface area contributed by atoms with Gasteiger partial charge >= 0.3 is 9.28 Å². The van der Waals surface area contributed by atoms with Gasteiger partial charge in [-0.1, -0.05) is 19.8 Å². The van der Waals surface area contributed by atoms with Gasteiger partial charge in [0.25, 0.3) is 0 Å². The molecule has 0 aromatic carbocycles. The highest BCUT2D eigenvalue weighted by Gasteiger charge is 2.35. The van der Waals surface area contributed by atoms with Gasteiger partial charge in [0.05, 0.1) is 13.2 Å². The lowest BCUT2D eigenvalue weighted by Crippen LogP contribution is -2.40. The minimum Gasteiger partial charge on any atom is -0.400 e. The van der Waals surface area contributed by atoms with E-state index in [1.165, 1.54) is 19.3 Å². The van der Waals surface area contributed by atoms with E-state index in [2.05, 4.69) is 6.92 Å². The Morgan fingerprint density at radius 1 is 1.36 bits per heavy atom. The quantitative estimate of drug-likeness (QED) is 0.609. The molecule has 0 aromatic heterocycles. The van der Waals surface area contributed by atoms with Crippen LogP contribution in [0.25, 0.3) is 0 Å². The maximum absolute atomic E-state index is 5.48. The molecule has 1 heterocycles. The fourth-order valence-corrected chi connectivity index (χ4v) is 4.05. The van der Waals surface area contributed by atoms with Crippen molar-refractivity contribution in [1.82, 2.24) is 0 Å². The average molecular weight is 218 g/mol. The van der Waals surface area contributed by atoms with Crippen molar-refractivity contribution in [2.24, 2.45) is 5.92 Å². The molecule has 0 bridgehead atoms. The van der Waals surface area contributed by atoms with Gasteiger partial charge in [0.1, 0.15) is 0 Å². The van der Waals surface area contributed by atoms with Crippen molar-refractivity contribution in [3.8, 4) is 0 Å². The van der Waals surface area contributed by atoms with E-state index in [-0.39, 0.29) is 0 Å². The Hall–Kier alpha value is 0.0969. The maximum Gasteiger partial charge on any atom is 0.324 e. The second-order valence-electron chi connectivity index (χ2n) is 3.94. The van der Waals surface area contributed by atoms with Gasteiger partial charge in [0.15, 0.2) is 0 Å². The summed E-state index contributed by atoms with van der Waals surface area (Å²) in [6.07, 6.45) is 3.76. The summed E-state index contributed by atoms with van der Waals surface area (Å²) in [5, 5.41) is 0. The van der Waals surface area contributed by atoms with Gasteiger partial charge in [-0.25, -0.2) is 0 Å². The molecule has 1 aliphatic heterocycles. The number of rotatable bonds is 7. The largest absolute Gasteiger partial charge is 0.400 e. The van der Waals surface area contributed by atoms with Crippen LogP contribution in [0.4, 0.5) is 0 Å². The van der Waals surface area contributed by atoms with E-state index in [1.54, 1.807) is 14.2 Å². The Balaban J connectivity index is 2.41. The van der Waals surface area contributed by atoms with Crippen molar-refractivity contribution in [3.63, 3.8) is 0 Å². The van der Waals surface area contributed by atoms with E-state index in [0.717, 1.165) is 13.2 Å². The summed E-state index contributed by atoms with van der Waals surface area (Å²) in [5.41, 5.74) is 0.638. The van der Waals surface area contributed by atoms with Crippen LogP contribution in [0.1, 0.15) is 26.2 Å². The van der Waals surface area contributed by atoms with Crippen LogP contribution in [-0.2, 0) is 13.6 Å². The molecule has 0 saturated carbocycles. The average Bonchev–Trinajstić information content (AvgIpc) is 2.12. The topological polar surface area (TPSA) is 27.7 Å². The minimum absolute atomic E-state index is 0.638. The minimum atomic E-state index is -1.44. The summed E-state index contributed by atoms with van der Waals surface area (Å²) in [6, 6.07) is 0. The summed E-state index contributed by atoms with van der Waals surface area (Å²) in [4.78, 5) is 0. The number of hydrogen-bond acceptors (Lipinski definition) is 3. The van der Waals surface area contributed by atoms with Gasteiger partial charge in [-0.05, 0) is 6.42 Å². The summed E-state index contributed by atoms with van der Waals surface area (Å²) < 4.78 is 16.2. The van der Waals surface area contributed by atoms with E-state index in [0.29, 0.717) is 11.5 Å². The zero-order chi connectivity index (χ0) is 10.4. The lowest BCUT2D eigenvalue weighted by atomic mass is 9.99. The Labute approximate surface area is 88.6 Å². The van der Waals surface area contributed by atoms with Gasteiger partial charge in [0.2, 0.25) is 0 Å². The molecule has 0 amide bonds. The van der Waals surface area contributed by atoms with Gasteiger partial charge in [-0.3, -0.25) is 0 Å². The van der Waals surface area contributed by atoms with E-state index < -0.39 is 9.28 Å². The first-order chi connectivity index (χ1) is 6.83. The monoisotopic (exact) mass is 218 g/mol. The van der Waals surface area contributed by atoms with Crippen molar-refractivity contribution in [2.75, 3.05) is 27.4 Å². The van der Waals surface area contributed by atoms with Crippen LogP contribution < -0.4 is 0 Å². The van der Waals surface area contributed by atoms with Crippen LogP contribution in [0, 0.1) is 5.92 Å². The van der Waals surface area contributed by atoms with Crippen LogP contribution in [-0.4, -0.2) is 36.7 Å². The fraction of sp³-hybridized carbons (Fsp3) is 1.00. The predicted octanol–water partition coefficient (Wildman–Crippen LogP) is 1.71. The first kappa shape index (κ1) is 12.2. The molecular weight excluding hydrogens is 196 g/mol. The Morgan fingerprint density at radius 3 is 2.36 bits per heavy atom. The Morgan fingerprint density at radius 2 is 2.00 bits per heavy atom. The number of ether oxygens (including phenoxy) is 1. The summed E-state index contributed by atoms with van der Waals surface area (Å²) >= 11 is 0. The van der Waals surface area contributed by atoms with Crippen molar-refractivity contribution in [2.45, 2.75) is 31.7 Å². The third-order valence-corrected chi connectivity index (χ3v) is 5.48. The molecule has 0 N–H and O–H groups in total. The molecule has 84 valence electrons. The van der Waals surface area contributed by atoms with Crippen LogP contribution >= 0.6 is 0 Å². The van der Waals surface area contributed by atoms with Gasteiger partial charge in [-0.15, -0.1) is 0 Å². The van der Waals surface area contributed by atoms with E-state index in [4.69, 9.17) is 13.6 Å². The third-order valence-electron chi connectivity index (χ3n) is 2.97. The smallest absolute Gasteiger partial charge is 0.324 e. The third kappa shape index (κ3) is 3.05. The van der Waals surface area contributed by atoms with E-state index in [9.17, 15) is 0 Å². The first-order valence-corrected chi connectivity index (χ1v) is 7.07. The van der Waals surface area contributed by atoms with Crippen LogP contribution in [0.15, 0.2) is 0 Å².